The fourth-order valence-corrected chi connectivity index (χ4v) is 6.89. The summed E-state index contributed by atoms with van der Waals surface area (Å²) < 4.78 is 34.8. The molecule has 236 valence electrons. The van der Waals surface area contributed by atoms with Crippen molar-refractivity contribution in [1.29, 1.82) is 5.26 Å². The summed E-state index contributed by atoms with van der Waals surface area (Å²) in [7, 11) is 0. The minimum Gasteiger partial charge on any atom is -0.462 e. The van der Waals surface area contributed by atoms with Crippen molar-refractivity contribution in [3.63, 3.8) is 0 Å². The van der Waals surface area contributed by atoms with Gasteiger partial charge in [-0.05, 0) is 43.3 Å². The van der Waals surface area contributed by atoms with Crippen molar-refractivity contribution in [2.45, 2.75) is 44.3 Å². The molecular weight excluding hydrogens is 600 g/mol. The second-order valence-corrected chi connectivity index (χ2v) is 12.1. The summed E-state index contributed by atoms with van der Waals surface area (Å²) in [6, 6.07) is 13.9. The molecule has 3 aromatic rings. The van der Waals surface area contributed by atoms with Crippen LogP contribution in [0.5, 0.6) is 6.01 Å². The van der Waals surface area contributed by atoms with Crippen molar-refractivity contribution >= 4 is 40.0 Å². The number of nitrogens with zero attached hydrogens (tertiary/aromatic N) is 6. The number of nitriles is 1. The van der Waals surface area contributed by atoms with Crippen molar-refractivity contribution in [3.8, 4) is 12.1 Å². The molecule has 0 radical (unpaired) electrons. The Morgan fingerprint density at radius 1 is 1.20 bits per heavy atom. The van der Waals surface area contributed by atoms with E-state index >= 15 is 4.39 Å². The van der Waals surface area contributed by atoms with Gasteiger partial charge in [0.2, 0.25) is 0 Å². The van der Waals surface area contributed by atoms with Gasteiger partial charge in [-0.25, -0.2) is 8.78 Å². The first-order valence-electron chi connectivity index (χ1n) is 15.5. The molecule has 0 bridgehead atoms. The Kier molecular flexibility index (Phi) is 9.73. The number of carbonyl (C=O) groups excluding carboxylic acids is 1. The lowest BCUT2D eigenvalue weighted by Crippen LogP contribution is -2.52. The number of hydrogen-bond donors (Lipinski definition) is 1. The zero-order chi connectivity index (χ0) is 31.3. The Morgan fingerprint density at radius 2 is 2.04 bits per heavy atom. The third-order valence-electron chi connectivity index (χ3n) is 8.87. The van der Waals surface area contributed by atoms with Crippen LogP contribution in [0.3, 0.4) is 0 Å². The second kappa shape index (κ2) is 14.1. The van der Waals surface area contributed by atoms with Crippen molar-refractivity contribution in [2.24, 2.45) is 0 Å². The van der Waals surface area contributed by atoms with E-state index in [1.54, 1.807) is 0 Å². The molecule has 2 saturated heterocycles. The zero-order valence-corrected chi connectivity index (χ0v) is 25.8. The van der Waals surface area contributed by atoms with Crippen LogP contribution >= 0.6 is 11.6 Å². The third kappa shape index (κ3) is 6.88. The molecule has 9 nitrogen and oxygen atoms in total. The summed E-state index contributed by atoms with van der Waals surface area (Å²) in [5.41, 5.74) is 2.73. The largest absolute Gasteiger partial charge is 0.462 e. The smallest absolute Gasteiger partial charge is 0.317 e. The number of ether oxygens (including phenoxy) is 1. The van der Waals surface area contributed by atoms with Crippen molar-refractivity contribution in [3.05, 3.63) is 64.2 Å². The van der Waals surface area contributed by atoms with Gasteiger partial charge in [0.1, 0.15) is 13.3 Å². The van der Waals surface area contributed by atoms with E-state index in [4.69, 9.17) is 26.6 Å². The lowest BCUT2D eigenvalue weighted by molar-refractivity contribution is -0.129. The van der Waals surface area contributed by atoms with Crippen LogP contribution in [-0.2, 0) is 17.8 Å². The van der Waals surface area contributed by atoms with E-state index in [-0.39, 0.29) is 37.7 Å². The SMILES string of the molecule is N#CC[C@H]1CN(C(=O)C(F)=Cc2nc(OC[C@@H]3CCCN3CCF)nc3c2CCN(c2cccc4cccc(Cl)c24)C3)CCN1. The highest BCUT2D eigenvalue weighted by Crippen LogP contribution is 2.36. The van der Waals surface area contributed by atoms with Crippen molar-refractivity contribution < 1.29 is 18.3 Å². The number of anilines is 1. The number of carbonyl (C=O) groups is 1. The maximum Gasteiger partial charge on any atom is 0.317 e. The van der Waals surface area contributed by atoms with E-state index in [9.17, 15) is 9.18 Å². The number of benzene rings is 2. The number of piperazine rings is 1. The fraction of sp³-hybridized carbons (Fsp3) is 0.455. The average Bonchev–Trinajstić information content (AvgIpc) is 3.50. The molecule has 12 heteroatoms. The van der Waals surface area contributed by atoms with E-state index in [1.165, 1.54) is 11.0 Å². The van der Waals surface area contributed by atoms with Gasteiger partial charge >= 0.3 is 6.01 Å². The van der Waals surface area contributed by atoms with Gasteiger partial charge in [-0.15, -0.1) is 0 Å². The highest BCUT2D eigenvalue weighted by atomic mass is 35.5. The van der Waals surface area contributed by atoms with Gasteiger partial charge in [0, 0.05) is 67.5 Å². The zero-order valence-electron chi connectivity index (χ0n) is 25.0. The molecule has 1 aromatic heterocycles. The molecule has 3 aliphatic rings. The van der Waals surface area contributed by atoms with E-state index in [0.717, 1.165) is 41.4 Å². The van der Waals surface area contributed by atoms with E-state index in [2.05, 4.69) is 26.2 Å². The van der Waals surface area contributed by atoms with Crippen LogP contribution in [0.4, 0.5) is 14.5 Å². The van der Waals surface area contributed by atoms with Gasteiger partial charge in [0.25, 0.3) is 5.91 Å². The van der Waals surface area contributed by atoms with Gasteiger partial charge < -0.3 is 19.9 Å². The molecule has 1 N–H and O–H groups in total. The maximum absolute atomic E-state index is 15.6. The number of alkyl halides is 1. The highest BCUT2D eigenvalue weighted by molar-refractivity contribution is 6.36. The molecule has 6 rings (SSSR count). The normalized spacial score (nSPS) is 20.7. The number of fused-ring (bicyclic) bond motifs is 2. The van der Waals surface area contributed by atoms with Crippen LogP contribution in [0, 0.1) is 11.3 Å². The van der Waals surface area contributed by atoms with Gasteiger partial charge in [-0.3, -0.25) is 9.69 Å². The fourth-order valence-electron chi connectivity index (χ4n) is 6.61. The lowest BCUT2D eigenvalue weighted by atomic mass is 10.00. The minimum absolute atomic E-state index is 0.0427. The molecular formula is C33H36ClF2N7O2. The van der Waals surface area contributed by atoms with Crippen LogP contribution < -0.4 is 15.0 Å². The number of aromatic nitrogens is 2. The summed E-state index contributed by atoms with van der Waals surface area (Å²) in [6.45, 7) is 3.14. The van der Waals surface area contributed by atoms with Crippen molar-refractivity contribution in [1.82, 2.24) is 25.1 Å². The Labute approximate surface area is 266 Å². The molecule has 2 atom stereocenters. The lowest BCUT2D eigenvalue weighted by Gasteiger charge is -2.32. The minimum atomic E-state index is -0.923. The summed E-state index contributed by atoms with van der Waals surface area (Å²) >= 11 is 6.64. The number of hydrogen-bond acceptors (Lipinski definition) is 8. The first-order chi connectivity index (χ1) is 21.9. The Morgan fingerprint density at radius 3 is 2.87 bits per heavy atom. The molecule has 3 aliphatic heterocycles. The standard InChI is InChI=1S/C33H36ClF2N7O2/c34-26-7-1-4-22-5-2-8-30(31(22)26)42-15-10-25-28(18-27(36)32(44)43-17-13-38-23(19-43)9-12-37)39-33(40-29(25)20-42)45-21-24-6-3-14-41(24)16-11-35/h1-2,4-5,7-8,18,23-24,38H,3,6,9-11,13-17,19-21H2/t23-,24-/m0/s1. The first kappa shape index (κ1) is 31.1. The molecule has 0 aliphatic carbocycles. The molecule has 2 aromatic carbocycles. The van der Waals surface area contributed by atoms with E-state index in [0.29, 0.717) is 55.6 Å². The summed E-state index contributed by atoms with van der Waals surface area (Å²) in [6.07, 6.45) is 3.79. The first-order valence-corrected chi connectivity index (χ1v) is 15.8. The Balaban J connectivity index is 1.30. The molecule has 2 fully saturated rings. The average molecular weight is 636 g/mol. The molecule has 45 heavy (non-hydrogen) atoms. The monoisotopic (exact) mass is 635 g/mol. The van der Waals surface area contributed by atoms with Crippen LogP contribution in [-0.4, -0.2) is 90.3 Å². The quantitative estimate of drug-likeness (QED) is 0.339. The predicted molar refractivity (Wildman–Crippen MR) is 169 cm³/mol. The molecule has 0 saturated carbocycles. The number of amides is 1. The predicted octanol–water partition coefficient (Wildman–Crippen LogP) is 4.68. The summed E-state index contributed by atoms with van der Waals surface area (Å²) in [5.74, 6) is -1.66. The van der Waals surface area contributed by atoms with Crippen LogP contribution in [0.25, 0.3) is 16.8 Å². The maximum atomic E-state index is 15.6. The van der Waals surface area contributed by atoms with Gasteiger partial charge in [0.05, 0.1) is 35.4 Å². The summed E-state index contributed by atoms with van der Waals surface area (Å²) in [4.78, 5) is 28.2. The number of likely N-dealkylation sites (tertiary alicyclic amines) is 1. The Bertz CT molecular complexity index is 1630. The van der Waals surface area contributed by atoms with E-state index < -0.39 is 18.4 Å². The molecule has 4 heterocycles. The number of nitrogens with one attached hydrogen (secondary N) is 1. The second-order valence-electron chi connectivity index (χ2n) is 11.7. The molecule has 1 amide bonds. The molecule has 0 spiro atoms. The van der Waals surface area contributed by atoms with Crippen LogP contribution in [0.2, 0.25) is 5.02 Å². The van der Waals surface area contributed by atoms with Crippen LogP contribution in [0.15, 0.2) is 42.2 Å². The van der Waals surface area contributed by atoms with E-state index in [1.807, 2.05) is 36.4 Å². The van der Waals surface area contributed by atoms with Crippen molar-refractivity contribution in [2.75, 3.05) is 57.4 Å². The third-order valence-corrected chi connectivity index (χ3v) is 9.19. The van der Waals surface area contributed by atoms with Gasteiger partial charge in [0.15, 0.2) is 5.83 Å². The highest BCUT2D eigenvalue weighted by Gasteiger charge is 2.29. The van der Waals surface area contributed by atoms with Gasteiger partial charge in [-0.2, -0.15) is 15.2 Å². The van der Waals surface area contributed by atoms with Gasteiger partial charge in [-0.1, -0.05) is 35.9 Å². The summed E-state index contributed by atoms with van der Waals surface area (Å²) in [5, 5.41) is 14.9. The topological polar surface area (TPSA) is 97.6 Å². The van der Waals surface area contributed by atoms with Crippen LogP contribution in [0.1, 0.15) is 36.2 Å². The number of rotatable bonds is 9. The Hall–Kier alpha value is -3.85. The number of halogens is 3. The molecule has 0 unspecified atom stereocenters.